The van der Waals surface area contributed by atoms with Crippen LogP contribution in [0.15, 0.2) is 48.5 Å². The van der Waals surface area contributed by atoms with Gasteiger partial charge in [0.05, 0.1) is 0 Å². The van der Waals surface area contributed by atoms with Crippen LogP contribution in [0.1, 0.15) is 30.9 Å². The van der Waals surface area contributed by atoms with Gasteiger partial charge in [0, 0.05) is 24.2 Å². The highest BCUT2D eigenvalue weighted by molar-refractivity contribution is 5.93. The zero-order valence-corrected chi connectivity index (χ0v) is 17.9. The fourth-order valence-corrected chi connectivity index (χ4v) is 4.02. The number of aryl methyl sites for hydroxylation is 1. The minimum atomic E-state index is -0.179. The van der Waals surface area contributed by atoms with E-state index < -0.39 is 0 Å². The molecule has 5 heteroatoms. The second kappa shape index (κ2) is 8.74. The van der Waals surface area contributed by atoms with E-state index in [9.17, 15) is 4.79 Å². The van der Waals surface area contributed by atoms with E-state index in [2.05, 4.69) is 29.3 Å². The molecule has 0 radical (unpaired) electrons. The standard InChI is InChI=1S/C25H29N3O2/c1-17-7-6-14-28(15-17)23-13-12-20-9-5-11-22(25(20)27-23)30-16-24(29)26-21-10-4-8-18(2)19(21)3/h4-5,8-13,17H,6-7,14-16H2,1-3H3,(H,26,29). The lowest BCUT2D eigenvalue weighted by molar-refractivity contribution is -0.118. The number of rotatable bonds is 5. The van der Waals surface area contributed by atoms with E-state index in [4.69, 9.17) is 9.72 Å². The Balaban J connectivity index is 1.50. The van der Waals surface area contributed by atoms with Crippen LogP contribution in [0.4, 0.5) is 11.5 Å². The van der Waals surface area contributed by atoms with Crippen molar-refractivity contribution in [2.75, 3.05) is 29.9 Å². The first-order valence-electron chi connectivity index (χ1n) is 10.6. The molecule has 1 saturated heterocycles. The van der Waals surface area contributed by atoms with Gasteiger partial charge in [0.25, 0.3) is 5.91 Å². The molecule has 2 aromatic carbocycles. The molecule has 1 aliphatic heterocycles. The maximum Gasteiger partial charge on any atom is 0.262 e. The summed E-state index contributed by atoms with van der Waals surface area (Å²) in [6.45, 7) is 8.33. The van der Waals surface area contributed by atoms with Crippen molar-refractivity contribution in [3.63, 3.8) is 0 Å². The molecule has 0 aliphatic carbocycles. The van der Waals surface area contributed by atoms with Crippen LogP contribution in [-0.2, 0) is 4.79 Å². The number of amides is 1. The molecule has 0 bridgehead atoms. The van der Waals surface area contributed by atoms with E-state index in [1.165, 1.54) is 12.8 Å². The number of carbonyl (C=O) groups excluding carboxylic acids is 1. The zero-order valence-electron chi connectivity index (χ0n) is 17.9. The van der Waals surface area contributed by atoms with Gasteiger partial charge < -0.3 is 15.0 Å². The number of hydrogen-bond acceptors (Lipinski definition) is 4. The predicted molar refractivity (Wildman–Crippen MR) is 122 cm³/mol. The number of piperidine rings is 1. The third kappa shape index (κ3) is 4.40. The molecular weight excluding hydrogens is 374 g/mol. The van der Waals surface area contributed by atoms with Crippen molar-refractivity contribution in [2.45, 2.75) is 33.6 Å². The zero-order chi connectivity index (χ0) is 21.1. The third-order valence-electron chi connectivity index (χ3n) is 5.89. The van der Waals surface area contributed by atoms with E-state index in [0.717, 1.165) is 46.6 Å². The van der Waals surface area contributed by atoms with Crippen LogP contribution in [-0.4, -0.2) is 30.6 Å². The minimum absolute atomic E-state index is 0.0564. The van der Waals surface area contributed by atoms with Gasteiger partial charge in [-0.15, -0.1) is 0 Å². The number of hydrogen-bond donors (Lipinski definition) is 1. The van der Waals surface area contributed by atoms with Crippen molar-refractivity contribution in [1.82, 2.24) is 4.98 Å². The second-order valence-corrected chi connectivity index (χ2v) is 8.28. The number of nitrogens with one attached hydrogen (secondary N) is 1. The average molecular weight is 404 g/mol. The van der Waals surface area contributed by atoms with E-state index in [1.54, 1.807) is 0 Å². The van der Waals surface area contributed by atoms with Gasteiger partial charge in [0.2, 0.25) is 0 Å². The Morgan fingerprint density at radius 3 is 2.83 bits per heavy atom. The highest BCUT2D eigenvalue weighted by Gasteiger charge is 2.18. The molecule has 2 heterocycles. The van der Waals surface area contributed by atoms with E-state index in [0.29, 0.717) is 11.7 Å². The summed E-state index contributed by atoms with van der Waals surface area (Å²) in [6, 6.07) is 15.9. The quantitative estimate of drug-likeness (QED) is 0.643. The third-order valence-corrected chi connectivity index (χ3v) is 5.89. The van der Waals surface area contributed by atoms with Gasteiger partial charge in [-0.3, -0.25) is 4.79 Å². The fourth-order valence-electron chi connectivity index (χ4n) is 4.02. The van der Waals surface area contributed by atoms with Crippen LogP contribution in [0.25, 0.3) is 10.9 Å². The SMILES string of the molecule is Cc1cccc(NC(=O)COc2cccc3ccc(N4CCCC(C)C4)nc23)c1C. The molecule has 3 aromatic rings. The molecule has 4 rings (SSSR count). The number of fused-ring (bicyclic) bond motifs is 1. The Morgan fingerprint density at radius 1 is 1.17 bits per heavy atom. The van der Waals surface area contributed by atoms with E-state index >= 15 is 0 Å². The number of carbonyl (C=O) groups is 1. The number of nitrogens with zero attached hydrogens (tertiary/aromatic N) is 2. The van der Waals surface area contributed by atoms with Crippen LogP contribution < -0.4 is 15.0 Å². The first-order chi connectivity index (χ1) is 14.5. The molecule has 1 amide bonds. The monoisotopic (exact) mass is 403 g/mol. The molecule has 1 aromatic heterocycles. The van der Waals surface area contributed by atoms with E-state index in [1.807, 2.05) is 50.2 Å². The van der Waals surface area contributed by atoms with Gasteiger partial charge in [0.15, 0.2) is 6.61 Å². The van der Waals surface area contributed by atoms with Gasteiger partial charge in [0.1, 0.15) is 17.1 Å². The molecule has 1 unspecified atom stereocenters. The molecule has 156 valence electrons. The molecule has 0 saturated carbocycles. The Morgan fingerprint density at radius 2 is 2.00 bits per heavy atom. The van der Waals surface area contributed by atoms with Crippen molar-refractivity contribution in [1.29, 1.82) is 0 Å². The van der Waals surface area contributed by atoms with Crippen LogP contribution in [0.2, 0.25) is 0 Å². The molecule has 1 atom stereocenters. The van der Waals surface area contributed by atoms with Gasteiger partial charge in [-0.2, -0.15) is 0 Å². The Bertz CT molecular complexity index is 1060. The first kappa shape index (κ1) is 20.2. The maximum absolute atomic E-state index is 12.5. The summed E-state index contributed by atoms with van der Waals surface area (Å²) in [5.74, 6) is 2.11. The topological polar surface area (TPSA) is 54.5 Å². The van der Waals surface area contributed by atoms with Gasteiger partial charge in [-0.1, -0.05) is 31.2 Å². The van der Waals surface area contributed by atoms with Gasteiger partial charge in [-0.05, 0) is 68.0 Å². The number of ether oxygens (including phenoxy) is 1. The first-order valence-corrected chi connectivity index (χ1v) is 10.6. The Labute approximate surface area is 178 Å². The van der Waals surface area contributed by atoms with Crippen molar-refractivity contribution in [3.05, 3.63) is 59.7 Å². The molecule has 5 nitrogen and oxygen atoms in total. The number of anilines is 2. The summed E-state index contributed by atoms with van der Waals surface area (Å²) in [6.07, 6.45) is 2.46. The number of para-hydroxylation sites is 1. The summed E-state index contributed by atoms with van der Waals surface area (Å²) in [7, 11) is 0. The summed E-state index contributed by atoms with van der Waals surface area (Å²) in [5, 5.41) is 3.96. The van der Waals surface area contributed by atoms with Crippen LogP contribution in [0.3, 0.4) is 0 Å². The highest BCUT2D eigenvalue weighted by Crippen LogP contribution is 2.28. The van der Waals surface area contributed by atoms with Crippen molar-refractivity contribution >= 4 is 28.3 Å². The second-order valence-electron chi connectivity index (χ2n) is 8.28. The van der Waals surface area contributed by atoms with Crippen molar-refractivity contribution < 1.29 is 9.53 Å². The fraction of sp³-hybridized carbons (Fsp3) is 0.360. The molecule has 30 heavy (non-hydrogen) atoms. The van der Waals surface area contributed by atoms with Crippen LogP contribution >= 0.6 is 0 Å². The molecule has 1 fully saturated rings. The van der Waals surface area contributed by atoms with Gasteiger partial charge in [-0.25, -0.2) is 4.98 Å². The van der Waals surface area contributed by atoms with Crippen LogP contribution in [0.5, 0.6) is 5.75 Å². The van der Waals surface area contributed by atoms with Crippen LogP contribution in [0, 0.1) is 19.8 Å². The van der Waals surface area contributed by atoms with E-state index in [-0.39, 0.29) is 12.5 Å². The molecule has 0 spiro atoms. The van der Waals surface area contributed by atoms with Gasteiger partial charge >= 0.3 is 0 Å². The summed E-state index contributed by atoms with van der Waals surface area (Å²) >= 11 is 0. The van der Waals surface area contributed by atoms with Crippen molar-refractivity contribution in [3.8, 4) is 5.75 Å². The number of aromatic nitrogens is 1. The minimum Gasteiger partial charge on any atom is -0.481 e. The lowest BCUT2D eigenvalue weighted by Crippen LogP contribution is -2.34. The largest absolute Gasteiger partial charge is 0.481 e. The smallest absolute Gasteiger partial charge is 0.262 e. The predicted octanol–water partition coefficient (Wildman–Crippen LogP) is 5.11. The maximum atomic E-state index is 12.5. The summed E-state index contributed by atoms with van der Waals surface area (Å²) < 4.78 is 5.89. The summed E-state index contributed by atoms with van der Waals surface area (Å²) in [4.78, 5) is 19.7. The lowest BCUT2D eigenvalue weighted by atomic mass is 10.0. The Kier molecular flexibility index (Phi) is 5.88. The molecular formula is C25H29N3O2. The summed E-state index contributed by atoms with van der Waals surface area (Å²) in [5.41, 5.74) is 3.83. The molecule has 1 N–H and O–H groups in total. The average Bonchev–Trinajstić information content (AvgIpc) is 2.75. The Hall–Kier alpha value is -3.08. The normalized spacial score (nSPS) is 16.5. The number of benzene rings is 2. The number of pyridine rings is 1. The lowest BCUT2D eigenvalue weighted by Gasteiger charge is -2.32. The highest BCUT2D eigenvalue weighted by atomic mass is 16.5. The van der Waals surface area contributed by atoms with Crippen molar-refractivity contribution in [2.24, 2.45) is 5.92 Å². The molecule has 1 aliphatic rings.